The van der Waals surface area contributed by atoms with Crippen LogP contribution in [0.15, 0.2) is 42.7 Å². The van der Waals surface area contributed by atoms with E-state index in [0.717, 1.165) is 19.3 Å². The van der Waals surface area contributed by atoms with Crippen molar-refractivity contribution in [1.29, 1.82) is 0 Å². The van der Waals surface area contributed by atoms with E-state index < -0.39 is 30.1 Å². The number of anilines is 2. The fraction of sp³-hybridized carbons (Fsp3) is 0.440. The molecule has 2 aliphatic rings. The monoisotopic (exact) mass is 516 g/mol. The predicted octanol–water partition coefficient (Wildman–Crippen LogP) is 4.34. The minimum Gasteiger partial charge on any atom is -0.383 e. The first kappa shape index (κ1) is 25.0. The molecule has 4 heterocycles. The van der Waals surface area contributed by atoms with Crippen LogP contribution < -0.4 is 11.1 Å². The van der Waals surface area contributed by atoms with E-state index in [0.29, 0.717) is 28.9 Å². The van der Waals surface area contributed by atoms with Crippen LogP contribution in [0.4, 0.5) is 24.7 Å². The lowest BCUT2D eigenvalue weighted by atomic mass is 9.90. The lowest BCUT2D eigenvalue weighted by Crippen LogP contribution is -2.55. The Labute approximate surface area is 210 Å². The summed E-state index contributed by atoms with van der Waals surface area (Å²) in [7, 11) is 0. The largest absolute Gasteiger partial charge is 0.408 e. The molecule has 12 heteroatoms. The number of benzene rings is 1. The molecule has 3 N–H and O–H groups in total. The predicted molar refractivity (Wildman–Crippen MR) is 129 cm³/mol. The van der Waals surface area contributed by atoms with E-state index in [9.17, 15) is 22.8 Å². The Balaban J connectivity index is 1.45. The van der Waals surface area contributed by atoms with Crippen molar-refractivity contribution in [3.63, 3.8) is 0 Å². The highest BCUT2D eigenvalue weighted by molar-refractivity contribution is 6.40. The molecule has 37 heavy (non-hydrogen) atoms. The van der Waals surface area contributed by atoms with Crippen molar-refractivity contribution < 1.29 is 27.5 Å². The Bertz CT molecular complexity index is 1290. The number of likely N-dealkylation sites (tertiary alicyclic amines) is 1. The molecule has 3 aromatic rings. The number of fused-ring (bicyclic) bond motifs is 1. The number of hydrogen-bond donors (Lipinski definition) is 2. The van der Waals surface area contributed by atoms with Gasteiger partial charge in [0.05, 0.1) is 23.3 Å². The summed E-state index contributed by atoms with van der Waals surface area (Å²) >= 11 is 0. The van der Waals surface area contributed by atoms with Crippen molar-refractivity contribution in [1.82, 2.24) is 19.7 Å². The second kappa shape index (κ2) is 10.0. The number of nitrogens with zero attached hydrogens (tertiary/aromatic N) is 4. The van der Waals surface area contributed by atoms with Crippen molar-refractivity contribution >= 4 is 34.2 Å². The van der Waals surface area contributed by atoms with Crippen molar-refractivity contribution in [2.24, 2.45) is 0 Å². The summed E-state index contributed by atoms with van der Waals surface area (Å²) in [4.78, 5) is 31.2. The Morgan fingerprint density at radius 3 is 2.57 bits per heavy atom. The van der Waals surface area contributed by atoms with Crippen LogP contribution in [0.5, 0.6) is 0 Å². The summed E-state index contributed by atoms with van der Waals surface area (Å²) in [6, 6.07) is 5.49. The maximum absolute atomic E-state index is 14.0. The van der Waals surface area contributed by atoms with Gasteiger partial charge >= 0.3 is 18.0 Å². The number of ether oxygens (including phenoxy) is 1. The van der Waals surface area contributed by atoms with Gasteiger partial charge in [-0.25, -0.2) is 9.67 Å². The number of nitrogens with one attached hydrogen (secondary N) is 1. The first-order valence-corrected chi connectivity index (χ1v) is 12.2. The van der Waals surface area contributed by atoms with Crippen LogP contribution in [0, 0.1) is 0 Å². The van der Waals surface area contributed by atoms with E-state index in [2.05, 4.69) is 15.4 Å². The van der Waals surface area contributed by atoms with E-state index >= 15 is 0 Å². The topological polar surface area (TPSA) is 115 Å². The molecule has 0 spiro atoms. The van der Waals surface area contributed by atoms with Gasteiger partial charge in [-0.1, -0.05) is 30.3 Å². The molecule has 2 saturated heterocycles. The third-order valence-corrected chi connectivity index (χ3v) is 6.91. The van der Waals surface area contributed by atoms with Crippen molar-refractivity contribution in [3.8, 4) is 0 Å². The molecule has 0 saturated carbocycles. The standard InChI is InChI=1S/C25H27F3N6O3/c26-25(27,28)19-10-6-9-18(15-7-2-1-3-8-15)34(19)24(36)23(35)31-17-13-30-22(29)16-14-33(32-21(16)17)20-11-4-5-12-37-20/h1-3,7-8,13-14,18-20H,4-6,9-12H2,(H2,29,30)(H,31,35). The molecule has 1 aromatic carbocycles. The summed E-state index contributed by atoms with van der Waals surface area (Å²) < 4.78 is 49.3. The summed E-state index contributed by atoms with van der Waals surface area (Å²) in [6.07, 6.45) is 0.885. The molecule has 0 bridgehead atoms. The lowest BCUT2D eigenvalue weighted by Gasteiger charge is -2.42. The number of pyridine rings is 1. The van der Waals surface area contributed by atoms with Crippen molar-refractivity contribution in [2.45, 2.75) is 63.0 Å². The number of amides is 2. The average molecular weight is 517 g/mol. The molecule has 3 atom stereocenters. The van der Waals surface area contributed by atoms with Gasteiger partial charge in [-0.3, -0.25) is 9.59 Å². The van der Waals surface area contributed by atoms with Gasteiger partial charge in [-0.2, -0.15) is 18.3 Å². The van der Waals surface area contributed by atoms with Gasteiger partial charge in [0.1, 0.15) is 23.6 Å². The number of nitrogen functional groups attached to an aromatic ring is 1. The molecule has 2 amide bonds. The summed E-state index contributed by atoms with van der Waals surface area (Å²) in [5, 5.41) is 7.37. The van der Waals surface area contributed by atoms with Crippen LogP contribution in [0.2, 0.25) is 0 Å². The number of piperidine rings is 1. The molecule has 2 fully saturated rings. The van der Waals surface area contributed by atoms with Gasteiger partial charge in [-0.15, -0.1) is 0 Å². The molecule has 0 aliphatic carbocycles. The van der Waals surface area contributed by atoms with Gasteiger partial charge in [-0.05, 0) is 44.1 Å². The van der Waals surface area contributed by atoms with Gasteiger partial charge < -0.3 is 20.7 Å². The third kappa shape index (κ3) is 4.97. The zero-order valence-corrected chi connectivity index (χ0v) is 19.9. The fourth-order valence-corrected chi connectivity index (χ4v) is 5.11. The van der Waals surface area contributed by atoms with Crippen LogP contribution in [0.3, 0.4) is 0 Å². The number of carbonyl (C=O) groups excluding carboxylic acids is 2. The second-order valence-electron chi connectivity index (χ2n) is 9.33. The number of aromatic nitrogens is 3. The maximum Gasteiger partial charge on any atom is 0.408 e. The maximum atomic E-state index is 14.0. The fourth-order valence-electron chi connectivity index (χ4n) is 5.11. The minimum absolute atomic E-state index is 0.0777. The number of hydrogen-bond acceptors (Lipinski definition) is 6. The molecule has 9 nitrogen and oxygen atoms in total. The van der Waals surface area contributed by atoms with E-state index in [1.54, 1.807) is 41.2 Å². The first-order valence-electron chi connectivity index (χ1n) is 12.2. The molecule has 5 rings (SSSR count). The molecule has 0 radical (unpaired) electrons. The summed E-state index contributed by atoms with van der Waals surface area (Å²) in [6.45, 7) is 0.589. The quantitative estimate of drug-likeness (QED) is 0.501. The molecular formula is C25H27F3N6O3. The molecule has 2 aliphatic heterocycles. The normalized spacial score (nSPS) is 22.7. The van der Waals surface area contributed by atoms with Crippen LogP contribution >= 0.6 is 0 Å². The van der Waals surface area contributed by atoms with Crippen LogP contribution in [-0.4, -0.2) is 50.3 Å². The molecular weight excluding hydrogens is 489 g/mol. The molecule has 196 valence electrons. The number of carbonyl (C=O) groups is 2. The molecule has 2 aromatic heterocycles. The van der Waals surface area contributed by atoms with Crippen molar-refractivity contribution in [2.75, 3.05) is 17.7 Å². The summed E-state index contributed by atoms with van der Waals surface area (Å²) in [5.41, 5.74) is 6.90. The van der Waals surface area contributed by atoms with Crippen LogP contribution in [0.25, 0.3) is 10.9 Å². The van der Waals surface area contributed by atoms with Gasteiger partial charge in [0.15, 0.2) is 0 Å². The Morgan fingerprint density at radius 1 is 1.08 bits per heavy atom. The zero-order chi connectivity index (χ0) is 26.2. The average Bonchev–Trinajstić information content (AvgIpc) is 3.37. The number of halogens is 3. The SMILES string of the molecule is Nc1ncc(NC(=O)C(=O)N2C(c3ccccc3)CCCC2C(F)(F)F)c2nn(C3CCCCO3)cc12. The summed E-state index contributed by atoms with van der Waals surface area (Å²) in [5.74, 6) is -2.30. The van der Waals surface area contributed by atoms with Gasteiger partial charge in [0, 0.05) is 12.8 Å². The van der Waals surface area contributed by atoms with Crippen molar-refractivity contribution in [3.05, 3.63) is 48.3 Å². The van der Waals surface area contributed by atoms with E-state index in [1.165, 1.54) is 6.20 Å². The van der Waals surface area contributed by atoms with Gasteiger partial charge in [0.2, 0.25) is 0 Å². The highest BCUT2D eigenvalue weighted by Crippen LogP contribution is 2.41. The van der Waals surface area contributed by atoms with Crippen LogP contribution in [0.1, 0.15) is 56.4 Å². The van der Waals surface area contributed by atoms with E-state index in [-0.39, 0.29) is 36.1 Å². The highest BCUT2D eigenvalue weighted by Gasteiger charge is 2.50. The minimum atomic E-state index is -4.68. The smallest absolute Gasteiger partial charge is 0.383 e. The van der Waals surface area contributed by atoms with E-state index in [4.69, 9.17) is 10.5 Å². The number of nitrogens with two attached hydrogens (primary N) is 1. The second-order valence-corrected chi connectivity index (χ2v) is 9.33. The Kier molecular flexibility index (Phi) is 6.76. The Morgan fingerprint density at radius 2 is 1.86 bits per heavy atom. The Hall–Kier alpha value is -3.67. The number of alkyl halides is 3. The van der Waals surface area contributed by atoms with Gasteiger partial charge in [0.25, 0.3) is 0 Å². The lowest BCUT2D eigenvalue weighted by molar-refractivity contribution is -0.203. The third-order valence-electron chi connectivity index (χ3n) is 6.91. The van der Waals surface area contributed by atoms with Crippen LogP contribution in [-0.2, 0) is 14.3 Å². The van der Waals surface area contributed by atoms with E-state index in [1.807, 2.05) is 0 Å². The zero-order valence-electron chi connectivity index (χ0n) is 19.9. The first-order chi connectivity index (χ1) is 17.7. The molecule has 3 unspecified atom stereocenters. The highest BCUT2D eigenvalue weighted by atomic mass is 19.4. The number of rotatable bonds is 3.